The molecule has 102 valence electrons. The summed E-state index contributed by atoms with van der Waals surface area (Å²) < 4.78 is 1.97. The van der Waals surface area contributed by atoms with E-state index in [0.717, 1.165) is 24.8 Å². The number of aromatic nitrogens is 4. The van der Waals surface area contributed by atoms with E-state index in [1.807, 2.05) is 4.68 Å². The summed E-state index contributed by atoms with van der Waals surface area (Å²) in [5, 5.41) is 15.6. The molecule has 0 amide bonds. The topological polar surface area (TPSA) is 55.6 Å². The minimum absolute atomic E-state index is 0.226. The van der Waals surface area contributed by atoms with Gasteiger partial charge in [0.15, 0.2) is 5.82 Å². The quantitative estimate of drug-likeness (QED) is 0.807. The number of hydrogen-bond donors (Lipinski definition) is 1. The summed E-state index contributed by atoms with van der Waals surface area (Å²) in [6.45, 7) is 8.50. The molecule has 1 aliphatic rings. The fraction of sp³-hybridized carbons (Fsp3) is 0.923. The van der Waals surface area contributed by atoms with Crippen molar-refractivity contribution in [2.24, 2.45) is 11.8 Å². The second-order valence-electron chi connectivity index (χ2n) is 5.87. The van der Waals surface area contributed by atoms with Crippen LogP contribution in [0.2, 0.25) is 0 Å². The van der Waals surface area contributed by atoms with E-state index in [0.29, 0.717) is 5.92 Å². The summed E-state index contributed by atoms with van der Waals surface area (Å²) in [6, 6.07) is 0.226. The van der Waals surface area contributed by atoms with Crippen molar-refractivity contribution in [1.29, 1.82) is 0 Å². The van der Waals surface area contributed by atoms with E-state index in [1.165, 1.54) is 25.7 Å². The Morgan fingerprint density at radius 1 is 1.33 bits per heavy atom. The first kappa shape index (κ1) is 13.5. The van der Waals surface area contributed by atoms with Crippen LogP contribution >= 0.6 is 0 Å². The normalized spacial score (nSPS) is 18.0. The number of nitrogens with one attached hydrogen (secondary N) is 1. The second kappa shape index (κ2) is 6.27. The maximum atomic E-state index is 4.16. The highest BCUT2D eigenvalue weighted by atomic mass is 15.5. The van der Waals surface area contributed by atoms with Crippen LogP contribution in [0.15, 0.2) is 0 Å². The zero-order valence-electron chi connectivity index (χ0n) is 11.8. The average molecular weight is 251 g/mol. The van der Waals surface area contributed by atoms with E-state index in [1.54, 1.807) is 0 Å². The minimum atomic E-state index is 0.226. The molecule has 18 heavy (non-hydrogen) atoms. The molecule has 0 aliphatic heterocycles. The largest absolute Gasteiger partial charge is 0.307 e. The first-order chi connectivity index (χ1) is 8.66. The van der Waals surface area contributed by atoms with E-state index >= 15 is 0 Å². The predicted molar refractivity (Wildman–Crippen MR) is 71.0 cm³/mol. The van der Waals surface area contributed by atoms with E-state index in [9.17, 15) is 0 Å². The van der Waals surface area contributed by atoms with Gasteiger partial charge in [-0.2, -0.15) is 0 Å². The molecule has 1 atom stereocenters. The van der Waals surface area contributed by atoms with Crippen LogP contribution in [0.1, 0.15) is 58.3 Å². The van der Waals surface area contributed by atoms with Crippen molar-refractivity contribution in [2.75, 3.05) is 6.54 Å². The predicted octanol–water partition coefficient (Wildman–Crippen LogP) is 2.17. The van der Waals surface area contributed by atoms with E-state index < -0.39 is 0 Å². The van der Waals surface area contributed by atoms with Gasteiger partial charge >= 0.3 is 0 Å². The summed E-state index contributed by atoms with van der Waals surface area (Å²) in [7, 11) is 0. The first-order valence-electron chi connectivity index (χ1n) is 7.16. The van der Waals surface area contributed by atoms with Gasteiger partial charge in [-0.1, -0.05) is 33.1 Å². The van der Waals surface area contributed by atoms with Crippen LogP contribution in [-0.4, -0.2) is 26.8 Å². The van der Waals surface area contributed by atoms with Crippen LogP contribution in [0, 0.1) is 11.8 Å². The fourth-order valence-corrected chi connectivity index (χ4v) is 2.27. The molecule has 1 fully saturated rings. The van der Waals surface area contributed by atoms with Crippen LogP contribution in [0.4, 0.5) is 0 Å². The van der Waals surface area contributed by atoms with E-state index in [4.69, 9.17) is 0 Å². The Bertz CT molecular complexity index is 356. The Morgan fingerprint density at radius 2 is 2.11 bits per heavy atom. The molecule has 0 saturated heterocycles. The standard InChI is InChI=1S/C13H25N5/c1-10(2)9-14-11(3)13-15-16-17-18(13)8-7-12-5-4-6-12/h10-12,14H,4-9H2,1-3H3. The van der Waals surface area contributed by atoms with Gasteiger partial charge in [0.1, 0.15) is 0 Å². The molecule has 0 bridgehead atoms. The van der Waals surface area contributed by atoms with Gasteiger partial charge < -0.3 is 5.32 Å². The van der Waals surface area contributed by atoms with Crippen molar-refractivity contribution in [1.82, 2.24) is 25.5 Å². The van der Waals surface area contributed by atoms with Crippen LogP contribution in [-0.2, 0) is 6.54 Å². The summed E-state index contributed by atoms with van der Waals surface area (Å²) >= 11 is 0. The molecule has 1 N–H and O–H groups in total. The Kier molecular flexibility index (Phi) is 4.69. The Balaban J connectivity index is 1.85. The highest BCUT2D eigenvalue weighted by molar-refractivity contribution is 4.90. The summed E-state index contributed by atoms with van der Waals surface area (Å²) in [5.74, 6) is 2.52. The van der Waals surface area contributed by atoms with Crippen molar-refractivity contribution in [2.45, 2.75) is 59.0 Å². The van der Waals surface area contributed by atoms with Gasteiger partial charge in [-0.3, -0.25) is 0 Å². The lowest BCUT2D eigenvalue weighted by atomic mass is 9.83. The number of nitrogens with zero attached hydrogens (tertiary/aromatic N) is 4. The van der Waals surface area contributed by atoms with Gasteiger partial charge in [-0.25, -0.2) is 4.68 Å². The molecule has 0 spiro atoms. The molecule has 1 heterocycles. The van der Waals surface area contributed by atoms with Crippen LogP contribution < -0.4 is 5.32 Å². The summed E-state index contributed by atoms with van der Waals surface area (Å²) in [5.41, 5.74) is 0. The molecule has 1 aliphatic carbocycles. The molecule has 1 aromatic rings. The van der Waals surface area contributed by atoms with Crippen LogP contribution in [0.25, 0.3) is 0 Å². The SMILES string of the molecule is CC(C)CNC(C)c1nnnn1CCC1CCC1. The summed E-state index contributed by atoms with van der Waals surface area (Å²) in [6.07, 6.45) is 5.39. The van der Waals surface area contributed by atoms with Crippen LogP contribution in [0.3, 0.4) is 0 Å². The van der Waals surface area contributed by atoms with Gasteiger partial charge in [-0.05, 0) is 42.2 Å². The third-order valence-corrected chi connectivity index (χ3v) is 3.75. The van der Waals surface area contributed by atoms with Gasteiger partial charge in [0, 0.05) is 6.54 Å². The second-order valence-corrected chi connectivity index (χ2v) is 5.87. The van der Waals surface area contributed by atoms with Crippen molar-refractivity contribution in [3.8, 4) is 0 Å². The van der Waals surface area contributed by atoms with Gasteiger partial charge in [0.2, 0.25) is 0 Å². The Hall–Kier alpha value is -0.970. The molecule has 1 saturated carbocycles. The molecule has 0 aromatic carbocycles. The molecule has 5 nitrogen and oxygen atoms in total. The number of rotatable bonds is 7. The smallest absolute Gasteiger partial charge is 0.167 e. The number of tetrazole rings is 1. The minimum Gasteiger partial charge on any atom is -0.307 e. The maximum absolute atomic E-state index is 4.16. The fourth-order valence-electron chi connectivity index (χ4n) is 2.27. The van der Waals surface area contributed by atoms with Crippen molar-refractivity contribution in [3.63, 3.8) is 0 Å². The van der Waals surface area contributed by atoms with E-state index in [2.05, 4.69) is 41.6 Å². The van der Waals surface area contributed by atoms with Crippen molar-refractivity contribution in [3.05, 3.63) is 5.82 Å². The number of hydrogen-bond acceptors (Lipinski definition) is 4. The Labute approximate surface area is 109 Å². The first-order valence-corrected chi connectivity index (χ1v) is 7.16. The molecule has 1 unspecified atom stereocenters. The molecular weight excluding hydrogens is 226 g/mol. The zero-order chi connectivity index (χ0) is 13.0. The lowest BCUT2D eigenvalue weighted by molar-refractivity contribution is 0.274. The van der Waals surface area contributed by atoms with Crippen molar-refractivity contribution >= 4 is 0 Å². The van der Waals surface area contributed by atoms with Gasteiger partial charge in [0.25, 0.3) is 0 Å². The summed E-state index contributed by atoms with van der Waals surface area (Å²) in [4.78, 5) is 0. The monoisotopic (exact) mass is 251 g/mol. The molecule has 5 heteroatoms. The van der Waals surface area contributed by atoms with Gasteiger partial charge in [0.05, 0.1) is 6.04 Å². The molecule has 0 radical (unpaired) electrons. The van der Waals surface area contributed by atoms with Crippen LogP contribution in [0.5, 0.6) is 0 Å². The third kappa shape index (κ3) is 3.51. The number of aryl methyl sites for hydroxylation is 1. The Morgan fingerprint density at radius 3 is 2.72 bits per heavy atom. The molecule has 1 aromatic heterocycles. The zero-order valence-corrected chi connectivity index (χ0v) is 11.8. The maximum Gasteiger partial charge on any atom is 0.167 e. The van der Waals surface area contributed by atoms with Crippen molar-refractivity contribution < 1.29 is 0 Å². The highest BCUT2D eigenvalue weighted by Gasteiger charge is 2.19. The highest BCUT2D eigenvalue weighted by Crippen LogP contribution is 2.29. The lowest BCUT2D eigenvalue weighted by Gasteiger charge is -2.25. The lowest BCUT2D eigenvalue weighted by Crippen LogP contribution is -2.26. The molecular formula is C13H25N5. The third-order valence-electron chi connectivity index (χ3n) is 3.75. The molecule has 2 rings (SSSR count). The van der Waals surface area contributed by atoms with E-state index in [-0.39, 0.29) is 6.04 Å². The van der Waals surface area contributed by atoms with Gasteiger partial charge in [-0.15, -0.1) is 5.10 Å². The average Bonchev–Trinajstić information content (AvgIpc) is 2.72.